The fraction of sp³-hybridized carbons (Fsp3) is 0.310. The molecule has 3 atom stereocenters. The zero-order valence-electron chi connectivity index (χ0n) is 21.1. The van der Waals surface area contributed by atoms with Gasteiger partial charge in [0.25, 0.3) is 5.91 Å². The number of amides is 2. The normalized spacial score (nSPS) is 20.8. The topological polar surface area (TPSA) is 77.5 Å². The Balaban J connectivity index is 1.57. The number of hydrogen-bond acceptors (Lipinski definition) is 7. The summed E-state index contributed by atoms with van der Waals surface area (Å²) in [5.41, 5.74) is 1.94. The van der Waals surface area contributed by atoms with Crippen LogP contribution in [-0.2, 0) is 14.4 Å². The van der Waals surface area contributed by atoms with E-state index in [-0.39, 0.29) is 5.91 Å². The number of hydrogen-bond donors (Lipinski definition) is 0. The van der Waals surface area contributed by atoms with Crippen LogP contribution in [0.5, 0.6) is 17.2 Å². The first-order valence-electron chi connectivity index (χ1n) is 12.5. The molecule has 5 rings (SSSR count). The molecule has 0 spiro atoms. The first kappa shape index (κ1) is 24.6. The van der Waals surface area contributed by atoms with Crippen molar-refractivity contribution in [2.24, 2.45) is 5.92 Å². The van der Waals surface area contributed by atoms with Crippen molar-refractivity contribution >= 4 is 23.2 Å². The third-order valence-electron chi connectivity index (χ3n) is 6.52. The van der Waals surface area contributed by atoms with Crippen LogP contribution >= 0.6 is 0 Å². The van der Waals surface area contributed by atoms with E-state index in [0.29, 0.717) is 36.1 Å². The predicted molar refractivity (Wildman–Crippen MR) is 139 cm³/mol. The molecule has 0 saturated carbocycles. The van der Waals surface area contributed by atoms with Gasteiger partial charge in [0.15, 0.2) is 17.6 Å². The Labute approximate surface area is 216 Å². The predicted octanol–water partition coefficient (Wildman–Crippen LogP) is 4.93. The Hall–Kier alpha value is -4.04. The SMILES string of the molecule is CCCOc1ccc([C@H]2[C@@H]3C(=O)N(c4ccccc4OCC)C(=O)[C@H]3ON2c2ccccc2)cc1OC. The molecule has 2 saturated heterocycles. The summed E-state index contributed by atoms with van der Waals surface area (Å²) in [5.74, 6) is 0.127. The third-order valence-corrected chi connectivity index (χ3v) is 6.52. The zero-order chi connectivity index (χ0) is 25.9. The minimum absolute atomic E-state index is 0.337. The molecule has 2 fully saturated rings. The van der Waals surface area contributed by atoms with E-state index in [2.05, 4.69) is 0 Å². The highest BCUT2D eigenvalue weighted by atomic mass is 16.7. The summed E-state index contributed by atoms with van der Waals surface area (Å²) < 4.78 is 17.2. The second kappa shape index (κ2) is 10.5. The molecule has 0 aromatic heterocycles. The molecule has 0 radical (unpaired) electrons. The maximum Gasteiger partial charge on any atom is 0.266 e. The molecule has 0 unspecified atom stereocenters. The van der Waals surface area contributed by atoms with E-state index in [1.165, 1.54) is 4.90 Å². The summed E-state index contributed by atoms with van der Waals surface area (Å²) in [4.78, 5) is 35.1. The molecule has 37 heavy (non-hydrogen) atoms. The fourth-order valence-electron chi connectivity index (χ4n) is 4.91. The average molecular weight is 503 g/mol. The van der Waals surface area contributed by atoms with Gasteiger partial charge < -0.3 is 14.2 Å². The van der Waals surface area contributed by atoms with Crippen molar-refractivity contribution < 1.29 is 28.6 Å². The lowest BCUT2D eigenvalue weighted by atomic mass is 9.90. The van der Waals surface area contributed by atoms with Crippen molar-refractivity contribution in [1.29, 1.82) is 0 Å². The van der Waals surface area contributed by atoms with Crippen LogP contribution in [0.2, 0.25) is 0 Å². The maximum absolute atomic E-state index is 14.0. The minimum Gasteiger partial charge on any atom is -0.493 e. The number of hydroxylamine groups is 1. The molecule has 8 heteroatoms. The summed E-state index contributed by atoms with van der Waals surface area (Å²) in [6, 6.07) is 21.5. The molecule has 0 N–H and O–H groups in total. The van der Waals surface area contributed by atoms with Gasteiger partial charge in [0, 0.05) is 0 Å². The monoisotopic (exact) mass is 502 g/mol. The van der Waals surface area contributed by atoms with Crippen molar-refractivity contribution in [3.63, 3.8) is 0 Å². The highest BCUT2D eigenvalue weighted by Gasteiger charge is 2.60. The van der Waals surface area contributed by atoms with Crippen LogP contribution in [-0.4, -0.2) is 38.2 Å². The lowest BCUT2D eigenvalue weighted by molar-refractivity contribution is -0.126. The van der Waals surface area contributed by atoms with Crippen molar-refractivity contribution in [2.75, 3.05) is 30.3 Å². The molecule has 2 aliphatic rings. The molecule has 192 valence electrons. The lowest BCUT2D eigenvalue weighted by Gasteiger charge is -2.29. The number of carbonyl (C=O) groups is 2. The van der Waals surface area contributed by atoms with E-state index in [1.807, 2.05) is 68.4 Å². The van der Waals surface area contributed by atoms with Crippen LogP contribution in [0, 0.1) is 5.92 Å². The van der Waals surface area contributed by atoms with Crippen molar-refractivity contribution in [3.05, 3.63) is 78.4 Å². The van der Waals surface area contributed by atoms with Gasteiger partial charge in [-0.05, 0) is 55.3 Å². The van der Waals surface area contributed by atoms with E-state index in [1.54, 1.807) is 30.4 Å². The van der Waals surface area contributed by atoms with E-state index in [0.717, 1.165) is 17.7 Å². The molecule has 3 aromatic rings. The summed E-state index contributed by atoms with van der Waals surface area (Å²) in [7, 11) is 1.58. The van der Waals surface area contributed by atoms with E-state index in [9.17, 15) is 9.59 Å². The lowest BCUT2D eigenvalue weighted by Crippen LogP contribution is -2.37. The molecule has 8 nitrogen and oxygen atoms in total. The van der Waals surface area contributed by atoms with E-state index in [4.69, 9.17) is 19.0 Å². The summed E-state index contributed by atoms with van der Waals surface area (Å²) >= 11 is 0. The highest BCUT2D eigenvalue weighted by molar-refractivity contribution is 6.24. The Kier molecular flexibility index (Phi) is 7.01. The summed E-state index contributed by atoms with van der Waals surface area (Å²) in [6.07, 6.45) is -0.114. The van der Waals surface area contributed by atoms with Crippen LogP contribution in [0.15, 0.2) is 72.8 Å². The number of para-hydroxylation sites is 3. The molecule has 2 aliphatic heterocycles. The van der Waals surface area contributed by atoms with Gasteiger partial charge in [0.1, 0.15) is 11.7 Å². The molecular formula is C29H30N2O6. The minimum atomic E-state index is -0.977. The van der Waals surface area contributed by atoms with Crippen LogP contribution < -0.4 is 24.2 Å². The molecule has 0 aliphatic carbocycles. The number of benzene rings is 3. The number of imide groups is 1. The number of fused-ring (bicyclic) bond motifs is 1. The van der Waals surface area contributed by atoms with Gasteiger partial charge in [0.05, 0.1) is 37.7 Å². The van der Waals surface area contributed by atoms with E-state index < -0.39 is 24.0 Å². The van der Waals surface area contributed by atoms with Gasteiger partial charge in [-0.15, -0.1) is 0 Å². The molecular weight excluding hydrogens is 472 g/mol. The van der Waals surface area contributed by atoms with Gasteiger partial charge in [-0.3, -0.25) is 14.4 Å². The molecule has 2 heterocycles. The van der Waals surface area contributed by atoms with Crippen molar-refractivity contribution in [3.8, 4) is 17.2 Å². The van der Waals surface area contributed by atoms with E-state index >= 15 is 0 Å². The average Bonchev–Trinajstić information content (AvgIpc) is 3.44. The highest BCUT2D eigenvalue weighted by Crippen LogP contribution is 2.49. The van der Waals surface area contributed by atoms with Gasteiger partial charge >= 0.3 is 0 Å². The fourth-order valence-corrected chi connectivity index (χ4v) is 4.91. The Morgan fingerprint density at radius 3 is 2.32 bits per heavy atom. The number of ether oxygens (including phenoxy) is 3. The van der Waals surface area contributed by atoms with Gasteiger partial charge in [-0.25, -0.2) is 9.96 Å². The van der Waals surface area contributed by atoms with Crippen LogP contribution in [0.3, 0.4) is 0 Å². The first-order valence-corrected chi connectivity index (χ1v) is 12.5. The second-order valence-corrected chi connectivity index (χ2v) is 8.83. The number of anilines is 2. The molecule has 2 amide bonds. The standard InChI is InChI=1S/C29H30N2O6/c1-4-17-36-23-16-15-19(18-24(23)34-3)26-25-27(37-31(26)20-11-7-6-8-12-20)29(33)30(28(25)32)21-13-9-10-14-22(21)35-5-2/h6-16,18,25-27H,4-5,17H2,1-3H3/t25-,26-,27-/m0/s1. The second-order valence-electron chi connectivity index (χ2n) is 8.83. The van der Waals surface area contributed by atoms with Crippen LogP contribution in [0.25, 0.3) is 0 Å². The number of carbonyl (C=O) groups excluding carboxylic acids is 2. The Morgan fingerprint density at radius 1 is 0.838 bits per heavy atom. The maximum atomic E-state index is 14.0. The first-order chi connectivity index (χ1) is 18.1. The molecule has 3 aromatic carbocycles. The quantitative estimate of drug-likeness (QED) is 0.384. The Bertz CT molecular complexity index is 1280. The smallest absolute Gasteiger partial charge is 0.266 e. The third kappa shape index (κ3) is 4.38. The summed E-state index contributed by atoms with van der Waals surface area (Å²) in [6.45, 7) is 4.86. The largest absolute Gasteiger partial charge is 0.493 e. The Morgan fingerprint density at radius 2 is 1.59 bits per heavy atom. The van der Waals surface area contributed by atoms with Gasteiger partial charge in [-0.1, -0.05) is 43.3 Å². The van der Waals surface area contributed by atoms with Gasteiger partial charge in [0.2, 0.25) is 5.91 Å². The zero-order valence-corrected chi connectivity index (χ0v) is 21.1. The number of methoxy groups -OCH3 is 1. The number of rotatable bonds is 9. The van der Waals surface area contributed by atoms with Gasteiger partial charge in [-0.2, -0.15) is 0 Å². The van der Waals surface area contributed by atoms with Crippen LogP contribution in [0.1, 0.15) is 31.9 Å². The summed E-state index contributed by atoms with van der Waals surface area (Å²) in [5, 5.41) is 1.66. The molecule has 0 bridgehead atoms. The van der Waals surface area contributed by atoms with Crippen molar-refractivity contribution in [1.82, 2.24) is 0 Å². The van der Waals surface area contributed by atoms with Crippen LogP contribution in [0.4, 0.5) is 11.4 Å². The van der Waals surface area contributed by atoms with Crippen molar-refractivity contribution in [2.45, 2.75) is 32.4 Å². The number of nitrogens with zero attached hydrogens (tertiary/aromatic N) is 2.